The summed E-state index contributed by atoms with van der Waals surface area (Å²) in [7, 11) is 1.69. The maximum atomic E-state index is 11.6. The Morgan fingerprint density at radius 1 is 1.47 bits per heavy atom. The third-order valence-corrected chi connectivity index (χ3v) is 3.89. The van der Waals surface area contributed by atoms with Crippen molar-refractivity contribution in [2.45, 2.75) is 32.2 Å². The van der Waals surface area contributed by atoms with E-state index in [2.05, 4.69) is 5.32 Å². The maximum Gasteiger partial charge on any atom is 0.327 e. The van der Waals surface area contributed by atoms with Gasteiger partial charge in [0.05, 0.1) is 0 Å². The molecule has 4 nitrogen and oxygen atoms in total. The van der Waals surface area contributed by atoms with Gasteiger partial charge in [-0.3, -0.25) is 4.79 Å². The second kappa shape index (κ2) is 5.21. The van der Waals surface area contributed by atoms with Crippen LogP contribution >= 0.6 is 0 Å². The second-order valence-electron chi connectivity index (χ2n) is 5.36. The van der Waals surface area contributed by atoms with Crippen molar-refractivity contribution < 1.29 is 14.6 Å². The van der Waals surface area contributed by atoms with Crippen LogP contribution in [0, 0.1) is 19.8 Å². The number of ether oxygens (including phenoxy) is 1. The molecule has 1 atom stereocenters. The van der Waals surface area contributed by atoms with E-state index in [1.807, 2.05) is 32.0 Å². The average molecular weight is 263 g/mol. The normalized spacial score (nSPS) is 17.8. The Morgan fingerprint density at radius 3 is 2.63 bits per heavy atom. The summed E-state index contributed by atoms with van der Waals surface area (Å²) in [6, 6.07) is 5.91. The molecule has 0 saturated heterocycles. The lowest BCUT2D eigenvalue weighted by Crippen LogP contribution is -2.56. The number of hydrogen-bond donors (Lipinski definition) is 2. The van der Waals surface area contributed by atoms with E-state index >= 15 is 0 Å². The summed E-state index contributed by atoms with van der Waals surface area (Å²) >= 11 is 0. The summed E-state index contributed by atoms with van der Waals surface area (Å²) in [6.07, 6.45) is 1.90. The Kier molecular flexibility index (Phi) is 3.80. The zero-order valence-electron chi connectivity index (χ0n) is 11.7. The molecule has 0 heterocycles. The lowest BCUT2D eigenvalue weighted by molar-refractivity contribution is -0.147. The molecule has 2 rings (SSSR count). The van der Waals surface area contributed by atoms with Crippen molar-refractivity contribution in [3.05, 3.63) is 29.3 Å². The molecule has 1 fully saturated rings. The molecule has 0 spiro atoms. The molecule has 0 aromatic heterocycles. The van der Waals surface area contributed by atoms with Crippen LogP contribution in [0.2, 0.25) is 0 Å². The lowest BCUT2D eigenvalue weighted by atomic mass is 9.94. The third-order valence-electron chi connectivity index (χ3n) is 3.89. The fraction of sp³-hybridized carbons (Fsp3) is 0.533. The molecule has 0 aliphatic heterocycles. The molecule has 1 aliphatic carbocycles. The Hall–Kier alpha value is -1.55. The molecule has 1 aromatic rings. The van der Waals surface area contributed by atoms with Crippen molar-refractivity contribution in [2.75, 3.05) is 13.7 Å². The Morgan fingerprint density at radius 2 is 2.16 bits per heavy atom. The topological polar surface area (TPSA) is 58.6 Å². The van der Waals surface area contributed by atoms with Crippen molar-refractivity contribution in [2.24, 2.45) is 5.92 Å². The first kappa shape index (κ1) is 13.9. The minimum absolute atomic E-state index is 0.160. The molecular formula is C15H21NO3. The van der Waals surface area contributed by atoms with E-state index in [4.69, 9.17) is 4.74 Å². The molecule has 1 aromatic carbocycles. The lowest BCUT2D eigenvalue weighted by Gasteiger charge is -2.29. The standard InChI is InChI=1S/C15H21NO3/c1-10-4-7-13(11(2)8-10)19-9-15(16-3,14(17)18)12-5-6-12/h4,7-8,12,16H,5-6,9H2,1-3H3,(H,17,18). The fourth-order valence-electron chi connectivity index (χ4n) is 2.47. The zero-order valence-corrected chi connectivity index (χ0v) is 11.7. The summed E-state index contributed by atoms with van der Waals surface area (Å²) in [6.45, 7) is 4.16. The number of carbonyl (C=O) groups is 1. The van der Waals surface area contributed by atoms with Gasteiger partial charge in [-0.15, -0.1) is 0 Å². The average Bonchev–Trinajstić information content (AvgIpc) is 3.17. The monoisotopic (exact) mass is 263 g/mol. The number of likely N-dealkylation sites (N-methyl/N-ethyl adjacent to an activating group) is 1. The number of aliphatic carboxylic acids is 1. The van der Waals surface area contributed by atoms with Crippen molar-refractivity contribution in [3.63, 3.8) is 0 Å². The SMILES string of the molecule is CNC(COc1ccc(C)cc1C)(C(=O)O)C1CC1. The molecule has 104 valence electrons. The first-order valence-corrected chi connectivity index (χ1v) is 6.62. The minimum Gasteiger partial charge on any atom is -0.491 e. The number of carboxylic acid groups (broad SMARTS) is 1. The van der Waals surface area contributed by atoms with Crippen LogP contribution in [0.25, 0.3) is 0 Å². The number of aryl methyl sites for hydroxylation is 2. The predicted octanol–water partition coefficient (Wildman–Crippen LogP) is 2.14. The molecule has 0 amide bonds. The van der Waals surface area contributed by atoms with E-state index in [1.165, 1.54) is 5.56 Å². The summed E-state index contributed by atoms with van der Waals surface area (Å²) in [5.41, 5.74) is 1.24. The van der Waals surface area contributed by atoms with Crippen LogP contribution in [0.1, 0.15) is 24.0 Å². The number of nitrogens with one attached hydrogen (secondary N) is 1. The molecule has 19 heavy (non-hydrogen) atoms. The van der Waals surface area contributed by atoms with Crippen LogP contribution in [0.15, 0.2) is 18.2 Å². The number of benzene rings is 1. The molecule has 1 saturated carbocycles. The summed E-state index contributed by atoms with van der Waals surface area (Å²) in [5.74, 6) is 0.0927. The van der Waals surface area contributed by atoms with Crippen LogP contribution in [0.4, 0.5) is 0 Å². The van der Waals surface area contributed by atoms with Crippen LogP contribution in [-0.2, 0) is 4.79 Å². The largest absolute Gasteiger partial charge is 0.491 e. The molecule has 0 bridgehead atoms. The molecule has 4 heteroatoms. The van der Waals surface area contributed by atoms with Crippen molar-refractivity contribution in [1.82, 2.24) is 5.32 Å². The van der Waals surface area contributed by atoms with Gasteiger partial charge in [-0.2, -0.15) is 0 Å². The van der Waals surface area contributed by atoms with Crippen molar-refractivity contribution >= 4 is 5.97 Å². The predicted molar refractivity (Wildman–Crippen MR) is 73.6 cm³/mol. The highest BCUT2D eigenvalue weighted by Gasteiger charge is 2.51. The summed E-state index contributed by atoms with van der Waals surface area (Å²) < 4.78 is 5.77. The van der Waals surface area contributed by atoms with Gasteiger partial charge in [-0.05, 0) is 51.3 Å². The van der Waals surface area contributed by atoms with Gasteiger partial charge in [-0.1, -0.05) is 17.7 Å². The zero-order chi connectivity index (χ0) is 14.0. The highest BCUT2D eigenvalue weighted by molar-refractivity contribution is 5.80. The van der Waals surface area contributed by atoms with Crippen LogP contribution in [0.5, 0.6) is 5.75 Å². The van der Waals surface area contributed by atoms with Gasteiger partial charge < -0.3 is 15.2 Å². The van der Waals surface area contributed by atoms with E-state index in [9.17, 15) is 9.90 Å². The Labute approximate surface area is 113 Å². The molecule has 1 unspecified atom stereocenters. The third kappa shape index (κ3) is 2.73. The van der Waals surface area contributed by atoms with Gasteiger partial charge in [-0.25, -0.2) is 0 Å². The minimum atomic E-state index is -0.961. The highest BCUT2D eigenvalue weighted by atomic mass is 16.5. The quantitative estimate of drug-likeness (QED) is 0.825. The van der Waals surface area contributed by atoms with Crippen LogP contribution < -0.4 is 10.1 Å². The van der Waals surface area contributed by atoms with E-state index in [1.54, 1.807) is 7.05 Å². The van der Waals surface area contributed by atoms with Gasteiger partial charge >= 0.3 is 5.97 Å². The number of hydrogen-bond acceptors (Lipinski definition) is 3. The fourth-order valence-corrected chi connectivity index (χ4v) is 2.47. The first-order valence-electron chi connectivity index (χ1n) is 6.62. The number of rotatable bonds is 6. The molecular weight excluding hydrogens is 242 g/mol. The van der Waals surface area contributed by atoms with Crippen molar-refractivity contribution in [1.29, 1.82) is 0 Å². The van der Waals surface area contributed by atoms with Crippen LogP contribution in [0.3, 0.4) is 0 Å². The summed E-state index contributed by atoms with van der Waals surface area (Å²) in [4.78, 5) is 11.6. The Bertz CT molecular complexity index is 482. The van der Waals surface area contributed by atoms with E-state index in [0.717, 1.165) is 24.2 Å². The molecule has 2 N–H and O–H groups in total. The van der Waals surface area contributed by atoms with Gasteiger partial charge in [0.1, 0.15) is 12.4 Å². The molecule has 0 radical (unpaired) electrons. The molecule has 1 aliphatic rings. The smallest absolute Gasteiger partial charge is 0.327 e. The highest BCUT2D eigenvalue weighted by Crippen LogP contribution is 2.40. The summed E-state index contributed by atoms with van der Waals surface area (Å²) in [5, 5.41) is 12.4. The second-order valence-corrected chi connectivity index (χ2v) is 5.36. The van der Waals surface area contributed by atoms with E-state index in [0.29, 0.717) is 0 Å². The van der Waals surface area contributed by atoms with Gasteiger partial charge in [0.15, 0.2) is 5.54 Å². The van der Waals surface area contributed by atoms with Crippen molar-refractivity contribution in [3.8, 4) is 5.75 Å². The van der Waals surface area contributed by atoms with Gasteiger partial charge in [0.2, 0.25) is 0 Å². The first-order chi connectivity index (χ1) is 8.99. The Balaban J connectivity index is 2.12. The maximum absolute atomic E-state index is 11.6. The van der Waals surface area contributed by atoms with Gasteiger partial charge in [0.25, 0.3) is 0 Å². The van der Waals surface area contributed by atoms with Gasteiger partial charge in [0, 0.05) is 0 Å². The van der Waals surface area contributed by atoms with Crippen LogP contribution in [-0.4, -0.2) is 30.3 Å². The van der Waals surface area contributed by atoms with E-state index in [-0.39, 0.29) is 12.5 Å². The van der Waals surface area contributed by atoms with E-state index < -0.39 is 11.5 Å². The number of carboxylic acids is 1.